The second kappa shape index (κ2) is 9.82. The van der Waals surface area contributed by atoms with Gasteiger partial charge in [-0.2, -0.15) is 0 Å². The van der Waals surface area contributed by atoms with E-state index in [1.165, 1.54) is 83.6 Å². The first-order chi connectivity index (χ1) is 20.7. The lowest BCUT2D eigenvalue weighted by molar-refractivity contribution is 1.13. The standard InChI is InChI=1S/C41H31N/c1-26-11-6-7-15-33(26)37-24-29(20-19-27(37)2)30-21-22-31-23-32-14-10-18-35(39(32)38(31)25-30)34-16-8-9-17-36(34)41-40(42-41)28-12-4-3-5-13-28/h3-22,24-25,40H,23H2,1-2H3. The van der Waals surface area contributed by atoms with Crippen molar-refractivity contribution in [2.24, 2.45) is 4.99 Å². The van der Waals surface area contributed by atoms with E-state index in [2.05, 4.69) is 147 Å². The van der Waals surface area contributed by atoms with Crippen molar-refractivity contribution in [2.75, 3.05) is 0 Å². The van der Waals surface area contributed by atoms with E-state index in [1.807, 2.05) is 0 Å². The number of hydrogen-bond acceptors (Lipinski definition) is 1. The lowest BCUT2D eigenvalue weighted by Gasteiger charge is -2.15. The van der Waals surface area contributed by atoms with Gasteiger partial charge >= 0.3 is 0 Å². The van der Waals surface area contributed by atoms with Gasteiger partial charge in [0.2, 0.25) is 0 Å². The summed E-state index contributed by atoms with van der Waals surface area (Å²) in [5.41, 5.74) is 19.5. The van der Waals surface area contributed by atoms with Crippen LogP contribution < -0.4 is 0 Å². The Labute approximate surface area is 247 Å². The van der Waals surface area contributed by atoms with Crippen LogP contribution in [-0.2, 0) is 6.42 Å². The Balaban J connectivity index is 1.22. The van der Waals surface area contributed by atoms with Crippen LogP contribution in [0.15, 0.2) is 138 Å². The highest BCUT2D eigenvalue weighted by molar-refractivity contribution is 6.17. The van der Waals surface area contributed by atoms with Crippen molar-refractivity contribution in [3.8, 4) is 44.5 Å². The number of rotatable bonds is 5. The molecule has 1 unspecified atom stereocenters. The normalized spacial score (nSPS) is 14.7. The molecule has 0 spiro atoms. The minimum absolute atomic E-state index is 0.159. The van der Waals surface area contributed by atoms with E-state index in [1.54, 1.807) is 0 Å². The molecule has 0 fully saturated rings. The summed E-state index contributed by atoms with van der Waals surface area (Å²) in [4.78, 5) is 4.94. The number of aryl methyl sites for hydroxylation is 2. The average molecular weight is 538 g/mol. The predicted octanol–water partition coefficient (Wildman–Crippen LogP) is 10.4. The summed E-state index contributed by atoms with van der Waals surface area (Å²) in [5.74, 6) is 0. The molecule has 0 aromatic heterocycles. The van der Waals surface area contributed by atoms with E-state index in [0.717, 1.165) is 6.42 Å². The van der Waals surface area contributed by atoms with Crippen molar-refractivity contribution in [1.82, 2.24) is 0 Å². The topological polar surface area (TPSA) is 12.4 Å². The SMILES string of the molecule is Cc1ccccc1-c1cc(-c2ccc3c(c2)-c2c(cccc2-c2ccccc2C2=NC2c2ccccc2)C3)ccc1C. The molecule has 0 radical (unpaired) electrons. The maximum Gasteiger partial charge on any atom is 0.118 e. The van der Waals surface area contributed by atoms with Gasteiger partial charge < -0.3 is 0 Å². The van der Waals surface area contributed by atoms with Crippen LogP contribution in [0.2, 0.25) is 0 Å². The first kappa shape index (κ1) is 24.8. The molecule has 1 atom stereocenters. The van der Waals surface area contributed by atoms with E-state index in [4.69, 9.17) is 4.99 Å². The molecule has 1 heteroatoms. The van der Waals surface area contributed by atoms with Crippen LogP contribution in [0.1, 0.15) is 39.4 Å². The largest absolute Gasteiger partial charge is 0.272 e. The summed E-state index contributed by atoms with van der Waals surface area (Å²) in [6, 6.07) is 49.0. The van der Waals surface area contributed by atoms with Crippen molar-refractivity contribution in [3.63, 3.8) is 0 Å². The van der Waals surface area contributed by atoms with Crippen molar-refractivity contribution in [1.29, 1.82) is 0 Å². The number of nitrogens with zero attached hydrogens (tertiary/aromatic N) is 1. The zero-order valence-electron chi connectivity index (χ0n) is 23.9. The Morgan fingerprint density at radius 3 is 1.93 bits per heavy atom. The molecule has 42 heavy (non-hydrogen) atoms. The predicted molar refractivity (Wildman–Crippen MR) is 176 cm³/mol. The number of hydrogen-bond donors (Lipinski definition) is 0. The third-order valence-corrected chi connectivity index (χ3v) is 8.98. The molecule has 6 aromatic rings. The van der Waals surface area contributed by atoms with Gasteiger partial charge in [0.05, 0.1) is 5.71 Å². The van der Waals surface area contributed by atoms with Crippen LogP contribution >= 0.6 is 0 Å². The number of benzene rings is 6. The molecule has 1 aliphatic carbocycles. The highest BCUT2D eigenvalue weighted by Crippen LogP contribution is 2.47. The Bertz CT molecular complexity index is 2030. The van der Waals surface area contributed by atoms with Crippen LogP contribution in [0, 0.1) is 13.8 Å². The van der Waals surface area contributed by atoms with Crippen molar-refractivity contribution < 1.29 is 0 Å². The fourth-order valence-corrected chi connectivity index (χ4v) is 6.73. The second-order valence-corrected chi connectivity index (χ2v) is 11.6. The molecular weight excluding hydrogens is 506 g/mol. The van der Waals surface area contributed by atoms with Crippen LogP contribution in [0.3, 0.4) is 0 Å². The Kier molecular flexibility index (Phi) is 5.79. The number of fused-ring (bicyclic) bond motifs is 3. The molecule has 1 nitrogen and oxygen atoms in total. The molecule has 0 N–H and O–H groups in total. The van der Waals surface area contributed by atoms with Gasteiger partial charge in [-0.3, -0.25) is 4.99 Å². The Morgan fingerprint density at radius 1 is 0.476 bits per heavy atom. The molecule has 0 bridgehead atoms. The summed E-state index contributed by atoms with van der Waals surface area (Å²) in [6.07, 6.45) is 0.969. The quantitative estimate of drug-likeness (QED) is 0.207. The van der Waals surface area contributed by atoms with E-state index in [0.29, 0.717) is 0 Å². The van der Waals surface area contributed by atoms with Gasteiger partial charge in [0.15, 0.2) is 0 Å². The zero-order valence-corrected chi connectivity index (χ0v) is 23.9. The molecule has 6 aromatic carbocycles. The highest BCUT2D eigenvalue weighted by atomic mass is 15.0. The maximum absolute atomic E-state index is 4.94. The minimum Gasteiger partial charge on any atom is -0.272 e. The van der Waals surface area contributed by atoms with Gasteiger partial charge in [0.1, 0.15) is 6.04 Å². The molecule has 1 heterocycles. The molecule has 1 aliphatic heterocycles. The van der Waals surface area contributed by atoms with Crippen molar-refractivity contribution in [3.05, 3.63) is 167 Å². The molecule has 8 rings (SSSR count). The molecule has 2 aliphatic rings. The summed E-state index contributed by atoms with van der Waals surface area (Å²) in [6.45, 7) is 4.41. The molecular formula is C41H31N. The molecule has 0 amide bonds. The van der Waals surface area contributed by atoms with Gasteiger partial charge in [-0.15, -0.1) is 0 Å². The van der Waals surface area contributed by atoms with Crippen LogP contribution in [0.4, 0.5) is 0 Å². The van der Waals surface area contributed by atoms with Crippen LogP contribution in [0.25, 0.3) is 44.5 Å². The Hall–Kier alpha value is -5.01. The zero-order chi connectivity index (χ0) is 28.2. The lowest BCUT2D eigenvalue weighted by Crippen LogP contribution is -1.98. The lowest BCUT2D eigenvalue weighted by atomic mass is 9.88. The monoisotopic (exact) mass is 537 g/mol. The van der Waals surface area contributed by atoms with Crippen molar-refractivity contribution >= 4 is 5.71 Å². The van der Waals surface area contributed by atoms with Gasteiger partial charge in [0.25, 0.3) is 0 Å². The van der Waals surface area contributed by atoms with E-state index in [-0.39, 0.29) is 6.04 Å². The fourth-order valence-electron chi connectivity index (χ4n) is 6.73. The summed E-state index contributed by atoms with van der Waals surface area (Å²) >= 11 is 0. The third kappa shape index (κ3) is 4.13. The van der Waals surface area contributed by atoms with Gasteiger partial charge in [0, 0.05) is 5.56 Å². The summed E-state index contributed by atoms with van der Waals surface area (Å²) < 4.78 is 0. The first-order valence-corrected chi connectivity index (χ1v) is 14.8. The first-order valence-electron chi connectivity index (χ1n) is 14.8. The smallest absolute Gasteiger partial charge is 0.118 e. The maximum atomic E-state index is 4.94. The van der Waals surface area contributed by atoms with Crippen LogP contribution in [-0.4, -0.2) is 5.71 Å². The molecule has 0 saturated heterocycles. The van der Waals surface area contributed by atoms with E-state index in [9.17, 15) is 0 Å². The summed E-state index contributed by atoms with van der Waals surface area (Å²) in [7, 11) is 0. The molecule has 0 saturated carbocycles. The Morgan fingerprint density at radius 2 is 1.12 bits per heavy atom. The summed E-state index contributed by atoms with van der Waals surface area (Å²) in [5, 5.41) is 0. The van der Waals surface area contributed by atoms with Gasteiger partial charge in [-0.05, 0) is 105 Å². The second-order valence-electron chi connectivity index (χ2n) is 11.6. The third-order valence-electron chi connectivity index (χ3n) is 8.98. The van der Waals surface area contributed by atoms with Gasteiger partial charge in [-0.25, -0.2) is 0 Å². The fraction of sp³-hybridized carbons (Fsp3) is 0.0976. The average Bonchev–Trinajstić information content (AvgIpc) is 3.75. The van der Waals surface area contributed by atoms with Gasteiger partial charge in [-0.1, -0.05) is 121 Å². The van der Waals surface area contributed by atoms with E-state index < -0.39 is 0 Å². The minimum atomic E-state index is 0.159. The highest BCUT2D eigenvalue weighted by Gasteiger charge is 2.33. The van der Waals surface area contributed by atoms with E-state index >= 15 is 0 Å². The molecule has 200 valence electrons. The van der Waals surface area contributed by atoms with Crippen molar-refractivity contribution in [2.45, 2.75) is 26.3 Å². The number of aliphatic imine (C=N–C) groups is 1. The van der Waals surface area contributed by atoms with Crippen LogP contribution in [0.5, 0.6) is 0 Å².